The van der Waals surface area contributed by atoms with E-state index in [0.29, 0.717) is 35.6 Å². The molecule has 0 radical (unpaired) electrons. The van der Waals surface area contributed by atoms with Crippen molar-refractivity contribution in [2.75, 3.05) is 13.1 Å². The summed E-state index contributed by atoms with van der Waals surface area (Å²) in [6.45, 7) is 3.90. The Hall–Kier alpha value is -3.16. The van der Waals surface area contributed by atoms with Gasteiger partial charge in [0.05, 0.1) is 12.1 Å². The van der Waals surface area contributed by atoms with E-state index in [4.69, 9.17) is 0 Å². The van der Waals surface area contributed by atoms with E-state index in [1.807, 2.05) is 0 Å². The number of hydrogen-bond acceptors (Lipinski definition) is 4. The minimum absolute atomic E-state index is 0.0420. The van der Waals surface area contributed by atoms with Gasteiger partial charge in [0.1, 0.15) is 11.4 Å². The van der Waals surface area contributed by atoms with Crippen LogP contribution in [0.15, 0.2) is 24.5 Å². The molecular formula is C21H24N4O4. The van der Waals surface area contributed by atoms with Gasteiger partial charge in [-0.05, 0) is 32.4 Å². The highest BCUT2D eigenvalue weighted by Gasteiger charge is 2.48. The first kappa shape index (κ1) is 19.2. The van der Waals surface area contributed by atoms with Gasteiger partial charge in [-0.1, -0.05) is 0 Å². The first-order valence-corrected chi connectivity index (χ1v) is 9.64. The molecule has 0 unspecified atom stereocenters. The Morgan fingerprint density at radius 1 is 0.759 bits per heavy atom. The molecule has 0 spiro atoms. The lowest BCUT2D eigenvalue weighted by atomic mass is 10.2. The summed E-state index contributed by atoms with van der Waals surface area (Å²) in [7, 11) is 3.51. The normalized spacial score (nSPS) is 20.4. The molecule has 0 aliphatic carbocycles. The summed E-state index contributed by atoms with van der Waals surface area (Å²) in [5.74, 6) is -0.381. The maximum atomic E-state index is 13.0. The van der Waals surface area contributed by atoms with Gasteiger partial charge in [0, 0.05) is 50.7 Å². The third-order valence-corrected chi connectivity index (χ3v) is 6.02. The van der Waals surface area contributed by atoms with Gasteiger partial charge in [0.15, 0.2) is 11.6 Å². The zero-order valence-electron chi connectivity index (χ0n) is 17.0. The number of ketones is 2. The third kappa shape index (κ3) is 3.08. The van der Waals surface area contributed by atoms with Crippen molar-refractivity contribution in [3.05, 3.63) is 47.0 Å². The van der Waals surface area contributed by atoms with Gasteiger partial charge in [-0.2, -0.15) is 0 Å². The molecule has 4 rings (SSSR count). The van der Waals surface area contributed by atoms with Crippen LogP contribution in [0.5, 0.6) is 0 Å². The first-order valence-electron chi connectivity index (χ1n) is 9.64. The van der Waals surface area contributed by atoms with Crippen molar-refractivity contribution in [1.82, 2.24) is 18.9 Å². The quantitative estimate of drug-likeness (QED) is 0.734. The van der Waals surface area contributed by atoms with Crippen molar-refractivity contribution in [1.29, 1.82) is 0 Å². The summed E-state index contributed by atoms with van der Waals surface area (Å²) < 4.78 is 3.36. The summed E-state index contributed by atoms with van der Waals surface area (Å²) in [5, 5.41) is 0. The molecule has 2 amide bonds. The summed E-state index contributed by atoms with van der Waals surface area (Å²) >= 11 is 0. The van der Waals surface area contributed by atoms with Crippen LogP contribution >= 0.6 is 0 Å². The number of rotatable bonds is 4. The standard InChI is InChI=1S/C21H24N4O4/c1-12(26)14-5-18(22(3)8-14)20(28)24-10-17-7-16(24)11-25(17)21(29)19-6-15(13(2)27)9-23(19)4/h5-6,8-9,16-17H,7,10-11H2,1-4H3/t16-,17-/m0/s1. The van der Waals surface area contributed by atoms with Crippen LogP contribution in [0.3, 0.4) is 0 Å². The van der Waals surface area contributed by atoms with E-state index in [2.05, 4.69) is 0 Å². The highest BCUT2D eigenvalue weighted by molar-refractivity contribution is 6.01. The Morgan fingerprint density at radius 2 is 1.14 bits per heavy atom. The van der Waals surface area contributed by atoms with Crippen LogP contribution in [-0.2, 0) is 14.1 Å². The number of amides is 2. The molecule has 2 saturated heterocycles. The van der Waals surface area contributed by atoms with Gasteiger partial charge < -0.3 is 18.9 Å². The molecule has 152 valence electrons. The molecule has 0 aromatic carbocycles. The number of likely N-dealkylation sites (tertiary alicyclic amines) is 2. The Labute approximate surface area is 168 Å². The molecule has 2 aromatic heterocycles. The maximum absolute atomic E-state index is 13.0. The number of nitrogens with zero attached hydrogens (tertiary/aromatic N) is 4. The molecule has 0 saturated carbocycles. The molecule has 2 bridgehead atoms. The maximum Gasteiger partial charge on any atom is 0.270 e. The van der Waals surface area contributed by atoms with E-state index >= 15 is 0 Å². The highest BCUT2D eigenvalue weighted by Crippen LogP contribution is 2.33. The SMILES string of the molecule is CC(=O)c1cc(C(=O)N2C[C@@H]3C[C@H]2CN3C(=O)c2cc(C(C)=O)cn2C)n(C)c1. The van der Waals surface area contributed by atoms with Crippen molar-refractivity contribution in [3.8, 4) is 0 Å². The minimum Gasteiger partial charge on any atom is -0.346 e. The summed E-state index contributed by atoms with van der Waals surface area (Å²) in [6.07, 6.45) is 4.08. The summed E-state index contributed by atoms with van der Waals surface area (Å²) in [6, 6.07) is 3.18. The van der Waals surface area contributed by atoms with Gasteiger partial charge in [-0.25, -0.2) is 0 Å². The van der Waals surface area contributed by atoms with Crippen LogP contribution in [0.2, 0.25) is 0 Å². The topological polar surface area (TPSA) is 84.6 Å². The fourth-order valence-electron chi connectivity index (χ4n) is 4.40. The second kappa shape index (κ2) is 6.72. The molecule has 8 nitrogen and oxygen atoms in total. The summed E-state index contributed by atoms with van der Waals surface area (Å²) in [4.78, 5) is 52.9. The second-order valence-corrected chi connectivity index (χ2v) is 8.02. The molecule has 8 heteroatoms. The average molecular weight is 396 g/mol. The Balaban J connectivity index is 1.50. The van der Waals surface area contributed by atoms with Crippen LogP contribution in [0, 0.1) is 0 Å². The summed E-state index contributed by atoms with van der Waals surface area (Å²) in [5.41, 5.74) is 1.99. The Morgan fingerprint density at radius 3 is 1.41 bits per heavy atom. The van der Waals surface area contributed by atoms with Gasteiger partial charge in [-0.3, -0.25) is 19.2 Å². The van der Waals surface area contributed by atoms with Crippen molar-refractivity contribution < 1.29 is 19.2 Å². The number of Topliss-reactive ketones (excluding diaryl/α,β-unsaturated/α-hetero) is 2. The minimum atomic E-state index is -0.114. The number of carbonyl (C=O) groups excluding carboxylic acids is 4. The van der Waals surface area contributed by atoms with E-state index in [9.17, 15) is 19.2 Å². The molecule has 2 aromatic rings. The molecule has 2 atom stereocenters. The zero-order valence-corrected chi connectivity index (χ0v) is 17.0. The van der Waals surface area contributed by atoms with Crippen LogP contribution < -0.4 is 0 Å². The van der Waals surface area contributed by atoms with E-state index in [1.54, 1.807) is 57.6 Å². The lowest BCUT2D eigenvalue weighted by molar-refractivity contribution is 0.0516. The lowest BCUT2D eigenvalue weighted by Crippen LogP contribution is -2.51. The van der Waals surface area contributed by atoms with Crippen molar-refractivity contribution in [2.24, 2.45) is 14.1 Å². The predicted octanol–water partition coefficient (Wildman–Crippen LogP) is 1.51. The second-order valence-electron chi connectivity index (χ2n) is 8.02. The largest absolute Gasteiger partial charge is 0.346 e. The number of piperazine rings is 1. The number of aromatic nitrogens is 2. The molecule has 29 heavy (non-hydrogen) atoms. The van der Waals surface area contributed by atoms with Crippen molar-refractivity contribution in [2.45, 2.75) is 32.4 Å². The van der Waals surface area contributed by atoms with Gasteiger partial charge in [0.25, 0.3) is 11.8 Å². The lowest BCUT2D eigenvalue weighted by Gasteiger charge is -2.34. The molecule has 2 fully saturated rings. The Kier molecular flexibility index (Phi) is 4.44. The first-order chi connectivity index (χ1) is 13.7. The number of hydrogen-bond donors (Lipinski definition) is 0. The predicted molar refractivity (Wildman–Crippen MR) is 105 cm³/mol. The molecule has 2 aliphatic heterocycles. The number of fused-ring (bicyclic) bond motifs is 2. The van der Waals surface area contributed by atoms with Crippen LogP contribution in [0.25, 0.3) is 0 Å². The zero-order chi connectivity index (χ0) is 21.0. The molecular weight excluding hydrogens is 372 g/mol. The fourth-order valence-corrected chi connectivity index (χ4v) is 4.40. The van der Waals surface area contributed by atoms with Crippen LogP contribution in [0.1, 0.15) is 62.0 Å². The van der Waals surface area contributed by atoms with Crippen molar-refractivity contribution >= 4 is 23.4 Å². The van der Waals surface area contributed by atoms with Gasteiger partial charge in [0.2, 0.25) is 0 Å². The van der Waals surface area contributed by atoms with E-state index in [-0.39, 0.29) is 35.5 Å². The monoisotopic (exact) mass is 396 g/mol. The molecule has 2 aliphatic rings. The van der Waals surface area contributed by atoms with Crippen LogP contribution in [-0.4, -0.2) is 67.5 Å². The number of aryl methyl sites for hydroxylation is 2. The van der Waals surface area contributed by atoms with Gasteiger partial charge >= 0.3 is 0 Å². The average Bonchev–Trinajstić information content (AvgIpc) is 3.42. The third-order valence-electron chi connectivity index (χ3n) is 6.02. The van der Waals surface area contributed by atoms with Crippen LogP contribution in [0.4, 0.5) is 0 Å². The fraction of sp³-hybridized carbons (Fsp3) is 0.429. The number of carbonyl (C=O) groups is 4. The van der Waals surface area contributed by atoms with Crippen molar-refractivity contribution in [3.63, 3.8) is 0 Å². The molecule has 4 heterocycles. The van der Waals surface area contributed by atoms with E-state index < -0.39 is 0 Å². The van der Waals surface area contributed by atoms with Gasteiger partial charge in [-0.15, -0.1) is 0 Å². The Bertz CT molecular complexity index is 965. The molecule has 0 N–H and O–H groups in total. The van der Waals surface area contributed by atoms with E-state index in [0.717, 1.165) is 6.42 Å². The van der Waals surface area contributed by atoms with E-state index in [1.165, 1.54) is 13.8 Å². The highest BCUT2D eigenvalue weighted by atomic mass is 16.2. The smallest absolute Gasteiger partial charge is 0.270 e.